The molecule has 0 radical (unpaired) electrons. The fourth-order valence-electron chi connectivity index (χ4n) is 2.18. The van der Waals surface area contributed by atoms with Crippen LogP contribution in [-0.2, 0) is 0 Å². The van der Waals surface area contributed by atoms with Gasteiger partial charge in [-0.15, -0.1) is 11.8 Å². The Morgan fingerprint density at radius 3 is 2.94 bits per heavy atom. The first-order valence-electron chi connectivity index (χ1n) is 6.33. The standard InChI is InChI=1S/C14H19FN2S/c15-12-7-4-8-13(9-12)18-10-14(17-16)11-5-2-1-3-6-11/h4-5,7-9,14,17H,1-3,6,10,16H2. The Labute approximate surface area is 112 Å². The topological polar surface area (TPSA) is 38.0 Å². The van der Waals surface area contributed by atoms with E-state index >= 15 is 0 Å². The molecular weight excluding hydrogens is 247 g/mol. The number of nitrogens with one attached hydrogen (secondary N) is 1. The fourth-order valence-corrected chi connectivity index (χ4v) is 3.22. The van der Waals surface area contributed by atoms with Crippen molar-refractivity contribution in [1.82, 2.24) is 5.43 Å². The highest BCUT2D eigenvalue weighted by atomic mass is 32.2. The van der Waals surface area contributed by atoms with E-state index in [4.69, 9.17) is 5.84 Å². The first-order valence-corrected chi connectivity index (χ1v) is 7.31. The van der Waals surface area contributed by atoms with Gasteiger partial charge in [0.15, 0.2) is 0 Å². The van der Waals surface area contributed by atoms with Crippen LogP contribution in [-0.4, -0.2) is 11.8 Å². The summed E-state index contributed by atoms with van der Waals surface area (Å²) in [4.78, 5) is 0.951. The lowest BCUT2D eigenvalue weighted by molar-refractivity contribution is 0.582. The third-order valence-electron chi connectivity index (χ3n) is 3.19. The van der Waals surface area contributed by atoms with Crippen LogP contribution in [0.2, 0.25) is 0 Å². The maximum atomic E-state index is 13.1. The van der Waals surface area contributed by atoms with Gasteiger partial charge in [-0.25, -0.2) is 4.39 Å². The molecule has 0 aliphatic heterocycles. The maximum absolute atomic E-state index is 13.1. The predicted octanol–water partition coefficient (Wildman–Crippen LogP) is 3.25. The third kappa shape index (κ3) is 3.83. The van der Waals surface area contributed by atoms with E-state index in [2.05, 4.69) is 11.5 Å². The van der Waals surface area contributed by atoms with E-state index in [0.29, 0.717) is 0 Å². The average molecular weight is 266 g/mol. The Balaban J connectivity index is 1.92. The number of nitrogens with two attached hydrogens (primary N) is 1. The van der Waals surface area contributed by atoms with Gasteiger partial charge in [0.1, 0.15) is 5.82 Å². The molecule has 0 amide bonds. The molecule has 0 bridgehead atoms. The van der Waals surface area contributed by atoms with E-state index in [1.807, 2.05) is 6.07 Å². The summed E-state index contributed by atoms with van der Waals surface area (Å²) < 4.78 is 13.1. The molecule has 1 aliphatic carbocycles. The minimum atomic E-state index is -0.186. The minimum absolute atomic E-state index is 0.186. The summed E-state index contributed by atoms with van der Waals surface area (Å²) in [5, 5.41) is 0. The number of rotatable bonds is 5. The molecule has 0 fully saturated rings. The molecule has 3 N–H and O–H groups in total. The van der Waals surface area contributed by atoms with Gasteiger partial charge in [0.05, 0.1) is 6.04 Å². The molecule has 1 atom stereocenters. The molecule has 0 saturated heterocycles. The molecule has 2 rings (SSSR count). The number of allylic oxidation sites excluding steroid dienone is 1. The molecule has 0 heterocycles. The molecule has 0 saturated carbocycles. The number of thioether (sulfide) groups is 1. The molecule has 0 aromatic heterocycles. The van der Waals surface area contributed by atoms with E-state index in [0.717, 1.165) is 23.5 Å². The zero-order valence-electron chi connectivity index (χ0n) is 10.4. The van der Waals surface area contributed by atoms with Gasteiger partial charge in [0, 0.05) is 10.6 Å². The number of hydrazine groups is 1. The van der Waals surface area contributed by atoms with Crippen LogP contribution in [0.4, 0.5) is 4.39 Å². The monoisotopic (exact) mass is 266 g/mol. The van der Waals surface area contributed by atoms with Crippen LogP contribution in [0.3, 0.4) is 0 Å². The van der Waals surface area contributed by atoms with Gasteiger partial charge in [-0.2, -0.15) is 0 Å². The van der Waals surface area contributed by atoms with Crippen molar-refractivity contribution < 1.29 is 4.39 Å². The summed E-state index contributed by atoms with van der Waals surface area (Å²) in [6, 6.07) is 6.89. The molecule has 1 aromatic carbocycles. The van der Waals surface area contributed by atoms with Gasteiger partial charge in [-0.3, -0.25) is 11.3 Å². The largest absolute Gasteiger partial charge is 0.271 e. The fraction of sp³-hybridized carbons (Fsp3) is 0.429. The summed E-state index contributed by atoms with van der Waals surface area (Å²) in [5.74, 6) is 6.27. The van der Waals surface area contributed by atoms with Crippen LogP contribution in [0.1, 0.15) is 25.7 Å². The van der Waals surface area contributed by atoms with Gasteiger partial charge >= 0.3 is 0 Å². The third-order valence-corrected chi connectivity index (χ3v) is 4.27. The zero-order chi connectivity index (χ0) is 12.8. The van der Waals surface area contributed by atoms with Crippen LogP contribution in [0.5, 0.6) is 0 Å². The van der Waals surface area contributed by atoms with Gasteiger partial charge in [0.25, 0.3) is 0 Å². The lowest BCUT2D eigenvalue weighted by Gasteiger charge is -2.22. The lowest BCUT2D eigenvalue weighted by atomic mass is 9.95. The van der Waals surface area contributed by atoms with Crippen molar-refractivity contribution >= 4 is 11.8 Å². The minimum Gasteiger partial charge on any atom is -0.271 e. The summed E-state index contributed by atoms with van der Waals surface area (Å²) in [6.45, 7) is 0. The maximum Gasteiger partial charge on any atom is 0.124 e. The first-order chi connectivity index (χ1) is 8.79. The molecule has 2 nitrogen and oxygen atoms in total. The van der Waals surface area contributed by atoms with E-state index < -0.39 is 0 Å². The molecule has 1 aliphatic rings. The Morgan fingerprint density at radius 1 is 1.39 bits per heavy atom. The van der Waals surface area contributed by atoms with E-state index in [-0.39, 0.29) is 11.9 Å². The predicted molar refractivity (Wildman–Crippen MR) is 74.8 cm³/mol. The van der Waals surface area contributed by atoms with Crippen molar-refractivity contribution in [2.45, 2.75) is 36.6 Å². The Kier molecular flexibility index (Phi) is 5.23. The average Bonchev–Trinajstić information content (AvgIpc) is 2.41. The lowest BCUT2D eigenvalue weighted by Crippen LogP contribution is -2.39. The normalized spacial score (nSPS) is 17.3. The highest BCUT2D eigenvalue weighted by molar-refractivity contribution is 7.99. The molecule has 98 valence electrons. The summed E-state index contributed by atoms with van der Waals surface area (Å²) >= 11 is 1.64. The van der Waals surface area contributed by atoms with Crippen LogP contribution in [0, 0.1) is 5.82 Å². The van der Waals surface area contributed by atoms with Gasteiger partial charge in [0.2, 0.25) is 0 Å². The Hall–Kier alpha value is -0.840. The van der Waals surface area contributed by atoms with E-state index in [1.54, 1.807) is 23.9 Å². The van der Waals surface area contributed by atoms with E-state index in [9.17, 15) is 4.39 Å². The van der Waals surface area contributed by atoms with Crippen molar-refractivity contribution in [3.63, 3.8) is 0 Å². The first kappa shape index (κ1) is 13.6. The molecule has 0 spiro atoms. The second-order valence-electron chi connectivity index (χ2n) is 4.51. The molecular formula is C14H19FN2S. The van der Waals surface area contributed by atoms with Crippen molar-refractivity contribution in [3.05, 3.63) is 41.7 Å². The Bertz CT molecular complexity index is 420. The highest BCUT2D eigenvalue weighted by Gasteiger charge is 2.15. The summed E-state index contributed by atoms with van der Waals surface area (Å²) in [5.41, 5.74) is 4.27. The highest BCUT2D eigenvalue weighted by Crippen LogP contribution is 2.25. The van der Waals surface area contributed by atoms with Crippen molar-refractivity contribution in [2.75, 3.05) is 5.75 Å². The van der Waals surface area contributed by atoms with Gasteiger partial charge < -0.3 is 0 Å². The second-order valence-corrected chi connectivity index (χ2v) is 5.61. The SMILES string of the molecule is NNC(CSc1cccc(F)c1)C1=CCCCC1. The van der Waals surface area contributed by atoms with Gasteiger partial charge in [-0.1, -0.05) is 17.7 Å². The van der Waals surface area contributed by atoms with E-state index in [1.165, 1.54) is 24.5 Å². The molecule has 4 heteroatoms. The molecule has 18 heavy (non-hydrogen) atoms. The number of hydrogen-bond donors (Lipinski definition) is 2. The summed E-state index contributed by atoms with van der Waals surface area (Å²) in [7, 11) is 0. The number of halogens is 1. The second kappa shape index (κ2) is 6.92. The van der Waals surface area contributed by atoms with Crippen LogP contribution in [0.15, 0.2) is 40.8 Å². The van der Waals surface area contributed by atoms with Crippen LogP contribution >= 0.6 is 11.8 Å². The Morgan fingerprint density at radius 2 is 2.28 bits per heavy atom. The zero-order valence-corrected chi connectivity index (χ0v) is 11.2. The quantitative estimate of drug-likeness (QED) is 0.372. The van der Waals surface area contributed by atoms with Crippen molar-refractivity contribution in [3.8, 4) is 0 Å². The number of hydrogen-bond acceptors (Lipinski definition) is 3. The number of benzene rings is 1. The van der Waals surface area contributed by atoms with Crippen molar-refractivity contribution in [2.24, 2.45) is 5.84 Å². The summed E-state index contributed by atoms with van der Waals surface area (Å²) in [6.07, 6.45) is 7.09. The smallest absolute Gasteiger partial charge is 0.124 e. The molecule has 1 aromatic rings. The van der Waals surface area contributed by atoms with Crippen LogP contribution < -0.4 is 11.3 Å². The van der Waals surface area contributed by atoms with Crippen LogP contribution in [0.25, 0.3) is 0 Å². The van der Waals surface area contributed by atoms with Gasteiger partial charge in [-0.05, 0) is 43.9 Å². The van der Waals surface area contributed by atoms with Crippen molar-refractivity contribution in [1.29, 1.82) is 0 Å². The molecule has 1 unspecified atom stereocenters.